The number of nitrogens with one attached hydrogen (secondary N) is 1. The van der Waals surface area contributed by atoms with Gasteiger partial charge in [-0.3, -0.25) is 0 Å². The first-order chi connectivity index (χ1) is 8.52. The largest absolute Gasteiger partial charge is 0.383 e. The second kappa shape index (κ2) is 5.24. The van der Waals surface area contributed by atoms with E-state index in [-0.39, 0.29) is 17.7 Å². The number of nitrogens with two attached hydrogens (primary N) is 1. The minimum absolute atomic E-state index is 0.133. The van der Waals surface area contributed by atoms with Crippen LogP contribution in [0.25, 0.3) is 0 Å². The molecule has 18 heavy (non-hydrogen) atoms. The molecule has 1 aromatic rings. The van der Waals surface area contributed by atoms with Crippen LogP contribution in [0.15, 0.2) is 18.3 Å². The number of hydrogen-bond acceptors (Lipinski definition) is 5. The van der Waals surface area contributed by atoms with Crippen LogP contribution in [0.4, 0.5) is 5.82 Å². The van der Waals surface area contributed by atoms with Crippen LogP contribution in [-0.2, 0) is 16.3 Å². The van der Waals surface area contributed by atoms with Gasteiger partial charge in [-0.15, -0.1) is 0 Å². The van der Waals surface area contributed by atoms with Crippen molar-refractivity contribution in [3.63, 3.8) is 0 Å². The molecular formula is C12H19N3O2S. The van der Waals surface area contributed by atoms with Crippen molar-refractivity contribution >= 4 is 15.7 Å². The number of anilines is 1. The minimum atomic E-state index is -2.84. The summed E-state index contributed by atoms with van der Waals surface area (Å²) in [5, 5.41) is 3.21. The summed E-state index contributed by atoms with van der Waals surface area (Å²) in [4.78, 5) is 4.05. The predicted octanol–water partition coefficient (Wildman–Crippen LogP) is 0.229. The summed E-state index contributed by atoms with van der Waals surface area (Å²) in [6, 6.07) is 3.92. The monoisotopic (exact) mass is 269 g/mol. The third-order valence-electron chi connectivity index (χ3n) is 3.57. The summed E-state index contributed by atoms with van der Waals surface area (Å²) in [6.07, 6.45) is 3.11. The fourth-order valence-electron chi connectivity index (χ4n) is 2.51. The van der Waals surface area contributed by atoms with E-state index in [0.29, 0.717) is 11.6 Å². The number of rotatable bonds is 4. The molecule has 1 fully saturated rings. The lowest BCUT2D eigenvalue weighted by molar-refractivity contribution is 0.403. The van der Waals surface area contributed by atoms with Crippen LogP contribution in [0.1, 0.15) is 12.0 Å². The summed E-state index contributed by atoms with van der Waals surface area (Å²) in [5.74, 6) is 1.27. The molecule has 5 nitrogen and oxygen atoms in total. The summed E-state index contributed by atoms with van der Waals surface area (Å²) < 4.78 is 23.0. The fraction of sp³-hybridized carbons (Fsp3) is 0.583. The van der Waals surface area contributed by atoms with Gasteiger partial charge in [0.25, 0.3) is 0 Å². The Morgan fingerprint density at radius 3 is 2.94 bits per heavy atom. The Bertz CT molecular complexity index is 516. The number of nitrogens with zero attached hydrogens (tertiary/aromatic N) is 1. The van der Waals surface area contributed by atoms with E-state index in [9.17, 15) is 8.42 Å². The van der Waals surface area contributed by atoms with Gasteiger partial charge in [0.05, 0.1) is 11.5 Å². The lowest BCUT2D eigenvalue weighted by Gasteiger charge is -2.22. The van der Waals surface area contributed by atoms with E-state index < -0.39 is 9.84 Å². The van der Waals surface area contributed by atoms with Crippen LogP contribution in [0.3, 0.4) is 0 Å². The number of aromatic nitrogens is 1. The molecule has 100 valence electrons. The maximum atomic E-state index is 11.5. The molecule has 2 atom stereocenters. The van der Waals surface area contributed by atoms with E-state index in [1.54, 1.807) is 6.20 Å². The van der Waals surface area contributed by atoms with Gasteiger partial charge in [0.2, 0.25) is 0 Å². The zero-order valence-corrected chi connectivity index (χ0v) is 11.3. The molecule has 3 N–H and O–H groups in total. The van der Waals surface area contributed by atoms with Crippen LogP contribution < -0.4 is 11.1 Å². The third kappa shape index (κ3) is 3.00. The van der Waals surface area contributed by atoms with E-state index in [4.69, 9.17) is 5.73 Å². The number of sulfone groups is 1. The first-order valence-electron chi connectivity index (χ1n) is 6.09. The Kier molecular flexibility index (Phi) is 3.87. The number of hydrogen-bond donors (Lipinski definition) is 2. The molecule has 0 amide bonds. The second-order valence-electron chi connectivity index (χ2n) is 4.81. The minimum Gasteiger partial charge on any atom is -0.383 e. The summed E-state index contributed by atoms with van der Waals surface area (Å²) in [6.45, 7) is 0. The molecule has 2 rings (SSSR count). The van der Waals surface area contributed by atoms with Gasteiger partial charge in [-0.05, 0) is 37.4 Å². The van der Waals surface area contributed by atoms with Crippen molar-refractivity contribution in [2.45, 2.75) is 18.9 Å². The molecular weight excluding hydrogens is 250 g/mol. The molecule has 0 spiro atoms. The molecule has 0 aromatic carbocycles. The third-order valence-corrected chi connectivity index (χ3v) is 5.37. The molecule has 2 unspecified atom stereocenters. The topological polar surface area (TPSA) is 85.1 Å². The highest BCUT2D eigenvalue weighted by atomic mass is 32.2. The van der Waals surface area contributed by atoms with Crippen LogP contribution in [0.2, 0.25) is 0 Å². The van der Waals surface area contributed by atoms with E-state index in [0.717, 1.165) is 18.4 Å². The summed E-state index contributed by atoms with van der Waals surface area (Å²) in [7, 11) is -0.977. The lowest BCUT2D eigenvalue weighted by atomic mass is 9.93. The van der Waals surface area contributed by atoms with Gasteiger partial charge in [-0.2, -0.15) is 0 Å². The SMILES string of the molecule is CNC(Cc1cccnc1N)C1CCS(=O)(=O)C1. The highest BCUT2D eigenvalue weighted by Gasteiger charge is 2.33. The molecule has 6 heteroatoms. The van der Waals surface area contributed by atoms with Gasteiger partial charge in [0, 0.05) is 12.2 Å². The van der Waals surface area contributed by atoms with Gasteiger partial charge < -0.3 is 11.1 Å². The molecule has 1 saturated heterocycles. The molecule has 0 aliphatic carbocycles. The Balaban J connectivity index is 2.09. The summed E-state index contributed by atoms with van der Waals surface area (Å²) in [5.41, 5.74) is 6.79. The smallest absolute Gasteiger partial charge is 0.150 e. The Hall–Kier alpha value is -1.14. The number of pyridine rings is 1. The van der Waals surface area contributed by atoms with Crippen molar-refractivity contribution in [3.8, 4) is 0 Å². The molecule has 2 heterocycles. The standard InChI is InChI=1S/C12H19N3O2S/c1-14-11(10-4-6-18(16,17)8-10)7-9-3-2-5-15-12(9)13/h2-3,5,10-11,14H,4,6-8H2,1H3,(H2,13,15). The maximum Gasteiger partial charge on any atom is 0.150 e. The first-order valence-corrected chi connectivity index (χ1v) is 7.91. The van der Waals surface area contributed by atoms with Crippen LogP contribution >= 0.6 is 0 Å². The molecule has 1 aromatic heterocycles. The zero-order valence-electron chi connectivity index (χ0n) is 10.5. The van der Waals surface area contributed by atoms with Gasteiger partial charge in [0.1, 0.15) is 5.82 Å². The first kappa shape index (κ1) is 13.3. The number of nitrogen functional groups attached to an aromatic ring is 1. The van der Waals surface area contributed by atoms with Gasteiger partial charge >= 0.3 is 0 Å². The zero-order chi connectivity index (χ0) is 13.2. The highest BCUT2D eigenvalue weighted by molar-refractivity contribution is 7.91. The van der Waals surface area contributed by atoms with E-state index >= 15 is 0 Å². The van der Waals surface area contributed by atoms with Gasteiger partial charge in [-0.1, -0.05) is 6.07 Å². The highest BCUT2D eigenvalue weighted by Crippen LogP contribution is 2.24. The number of likely N-dealkylation sites (N-methyl/N-ethyl adjacent to an activating group) is 1. The fourth-order valence-corrected chi connectivity index (χ4v) is 4.39. The predicted molar refractivity (Wildman–Crippen MR) is 72.0 cm³/mol. The molecule has 1 aliphatic rings. The van der Waals surface area contributed by atoms with Gasteiger partial charge in [0.15, 0.2) is 9.84 Å². The average Bonchev–Trinajstić information content (AvgIpc) is 2.68. The molecule has 0 saturated carbocycles. The van der Waals surface area contributed by atoms with Crippen molar-refractivity contribution in [1.82, 2.24) is 10.3 Å². The van der Waals surface area contributed by atoms with E-state index in [2.05, 4.69) is 10.3 Å². The van der Waals surface area contributed by atoms with Crippen molar-refractivity contribution in [1.29, 1.82) is 0 Å². The second-order valence-corrected chi connectivity index (χ2v) is 7.04. The van der Waals surface area contributed by atoms with Crippen molar-refractivity contribution in [3.05, 3.63) is 23.9 Å². The molecule has 0 bridgehead atoms. The van der Waals surface area contributed by atoms with Crippen LogP contribution in [0, 0.1) is 5.92 Å². The van der Waals surface area contributed by atoms with E-state index in [1.165, 1.54) is 0 Å². The van der Waals surface area contributed by atoms with Crippen LogP contribution in [0.5, 0.6) is 0 Å². The molecule has 1 aliphatic heterocycles. The van der Waals surface area contributed by atoms with Crippen molar-refractivity contribution in [2.24, 2.45) is 5.92 Å². The Morgan fingerprint density at radius 2 is 2.39 bits per heavy atom. The Morgan fingerprint density at radius 1 is 1.61 bits per heavy atom. The van der Waals surface area contributed by atoms with E-state index in [1.807, 2.05) is 19.2 Å². The Labute approximate surface area is 108 Å². The maximum absolute atomic E-state index is 11.5. The summed E-state index contributed by atoms with van der Waals surface area (Å²) >= 11 is 0. The van der Waals surface area contributed by atoms with Crippen molar-refractivity contribution < 1.29 is 8.42 Å². The van der Waals surface area contributed by atoms with Crippen LogP contribution in [-0.4, -0.2) is 38.0 Å². The quantitative estimate of drug-likeness (QED) is 0.817. The molecule has 0 radical (unpaired) electrons. The average molecular weight is 269 g/mol. The normalized spacial score (nSPS) is 23.9. The lowest BCUT2D eigenvalue weighted by Crippen LogP contribution is -2.36. The van der Waals surface area contributed by atoms with Crippen molar-refractivity contribution in [2.75, 3.05) is 24.3 Å². The van der Waals surface area contributed by atoms with Gasteiger partial charge in [-0.25, -0.2) is 13.4 Å².